The molecule has 0 amide bonds. The standard InChI is InChI=1S/C8H14/c1-4-6-8(3)7-5-2/h4-8H,1-3H3/b6-4-,7-5-. The summed E-state index contributed by atoms with van der Waals surface area (Å²) in [6, 6.07) is 0. The van der Waals surface area contributed by atoms with Crippen molar-refractivity contribution in [3.63, 3.8) is 0 Å². The largest absolute Gasteiger partial charge is 0.0911 e. The summed E-state index contributed by atoms with van der Waals surface area (Å²) in [5.41, 5.74) is 0. The van der Waals surface area contributed by atoms with Crippen molar-refractivity contribution in [3.05, 3.63) is 24.3 Å². The van der Waals surface area contributed by atoms with Gasteiger partial charge in [0, 0.05) is 0 Å². The van der Waals surface area contributed by atoms with Gasteiger partial charge < -0.3 is 0 Å². The van der Waals surface area contributed by atoms with Crippen LogP contribution in [-0.4, -0.2) is 0 Å². The quantitative estimate of drug-likeness (QED) is 0.479. The van der Waals surface area contributed by atoms with Crippen LogP contribution >= 0.6 is 0 Å². The third-order valence-corrected chi connectivity index (χ3v) is 0.992. The SMILES string of the molecule is C/C=C\C(C)/C=C\C. The topological polar surface area (TPSA) is 0 Å². The van der Waals surface area contributed by atoms with E-state index in [2.05, 4.69) is 31.2 Å². The Balaban J connectivity index is 3.47. The highest BCUT2D eigenvalue weighted by molar-refractivity contribution is 4.95. The molecule has 0 heteroatoms. The van der Waals surface area contributed by atoms with E-state index in [0.29, 0.717) is 5.92 Å². The first kappa shape index (κ1) is 7.48. The van der Waals surface area contributed by atoms with E-state index in [1.165, 1.54) is 0 Å². The van der Waals surface area contributed by atoms with E-state index in [0.717, 1.165) is 0 Å². The Hall–Kier alpha value is -0.520. The lowest BCUT2D eigenvalue weighted by molar-refractivity contribution is 0.935. The minimum absolute atomic E-state index is 0.602. The molecule has 0 aromatic carbocycles. The van der Waals surface area contributed by atoms with Crippen LogP contribution in [0.1, 0.15) is 20.8 Å². The van der Waals surface area contributed by atoms with Crippen LogP contribution in [0.3, 0.4) is 0 Å². The maximum atomic E-state index is 2.17. The molecule has 0 aliphatic rings. The first-order valence-electron chi connectivity index (χ1n) is 3.07. The van der Waals surface area contributed by atoms with E-state index in [1.54, 1.807) is 0 Å². The Morgan fingerprint density at radius 1 is 1.00 bits per heavy atom. The van der Waals surface area contributed by atoms with Crippen molar-refractivity contribution in [2.24, 2.45) is 5.92 Å². The van der Waals surface area contributed by atoms with Gasteiger partial charge in [0.05, 0.1) is 0 Å². The molecule has 0 N–H and O–H groups in total. The summed E-state index contributed by atoms with van der Waals surface area (Å²) in [6.07, 6.45) is 8.48. The van der Waals surface area contributed by atoms with Gasteiger partial charge in [-0.1, -0.05) is 31.2 Å². The lowest BCUT2D eigenvalue weighted by Crippen LogP contribution is -1.78. The molecule has 0 radical (unpaired) electrons. The van der Waals surface area contributed by atoms with Crippen LogP contribution in [0.5, 0.6) is 0 Å². The average Bonchev–Trinajstić information content (AvgIpc) is 1.68. The second kappa shape index (κ2) is 4.63. The van der Waals surface area contributed by atoms with E-state index < -0.39 is 0 Å². The van der Waals surface area contributed by atoms with E-state index in [9.17, 15) is 0 Å². The molecule has 46 valence electrons. The molecule has 0 aliphatic heterocycles. The summed E-state index contributed by atoms with van der Waals surface area (Å²) >= 11 is 0. The second-order valence-electron chi connectivity index (χ2n) is 1.91. The fourth-order valence-electron chi connectivity index (χ4n) is 0.671. The molecule has 0 aromatic rings. The molecule has 0 rings (SSSR count). The lowest BCUT2D eigenvalue weighted by atomic mass is 10.1. The molecule has 0 saturated heterocycles. The Morgan fingerprint density at radius 2 is 1.38 bits per heavy atom. The highest BCUT2D eigenvalue weighted by Crippen LogP contribution is 1.97. The van der Waals surface area contributed by atoms with Crippen molar-refractivity contribution in [2.75, 3.05) is 0 Å². The van der Waals surface area contributed by atoms with Gasteiger partial charge in [0.2, 0.25) is 0 Å². The van der Waals surface area contributed by atoms with Gasteiger partial charge in [-0.2, -0.15) is 0 Å². The molecule has 0 unspecified atom stereocenters. The predicted octanol–water partition coefficient (Wildman–Crippen LogP) is 2.77. The van der Waals surface area contributed by atoms with Crippen LogP contribution < -0.4 is 0 Å². The van der Waals surface area contributed by atoms with E-state index in [4.69, 9.17) is 0 Å². The van der Waals surface area contributed by atoms with Crippen molar-refractivity contribution in [2.45, 2.75) is 20.8 Å². The third kappa shape index (κ3) is 3.66. The Morgan fingerprint density at radius 3 is 1.62 bits per heavy atom. The van der Waals surface area contributed by atoms with Crippen LogP contribution in [0, 0.1) is 5.92 Å². The average molecular weight is 110 g/mol. The second-order valence-corrected chi connectivity index (χ2v) is 1.91. The lowest BCUT2D eigenvalue weighted by Gasteiger charge is -1.92. The Bertz CT molecular complexity index is 76.2. The normalized spacial score (nSPS) is 12.5. The number of rotatable bonds is 2. The van der Waals surface area contributed by atoms with Crippen molar-refractivity contribution >= 4 is 0 Å². The number of allylic oxidation sites excluding steroid dienone is 4. The molecule has 0 fully saturated rings. The Kier molecular flexibility index (Phi) is 4.33. The molecule has 0 aliphatic carbocycles. The first-order chi connectivity index (χ1) is 3.81. The number of hydrogen-bond acceptors (Lipinski definition) is 0. The maximum absolute atomic E-state index is 2.17. The van der Waals surface area contributed by atoms with Crippen molar-refractivity contribution in [1.82, 2.24) is 0 Å². The minimum Gasteiger partial charge on any atom is -0.0911 e. The molecule has 0 aromatic heterocycles. The summed E-state index contributed by atoms with van der Waals surface area (Å²) in [7, 11) is 0. The van der Waals surface area contributed by atoms with E-state index >= 15 is 0 Å². The van der Waals surface area contributed by atoms with Gasteiger partial charge in [0.15, 0.2) is 0 Å². The van der Waals surface area contributed by atoms with Gasteiger partial charge in [0.25, 0.3) is 0 Å². The molecule has 0 spiro atoms. The molecular weight excluding hydrogens is 96.1 g/mol. The van der Waals surface area contributed by atoms with Crippen molar-refractivity contribution < 1.29 is 0 Å². The van der Waals surface area contributed by atoms with Gasteiger partial charge >= 0.3 is 0 Å². The summed E-state index contributed by atoms with van der Waals surface area (Å²) in [4.78, 5) is 0. The molecule has 0 atom stereocenters. The maximum Gasteiger partial charge on any atom is -0.00821 e. The summed E-state index contributed by atoms with van der Waals surface area (Å²) < 4.78 is 0. The fourth-order valence-corrected chi connectivity index (χ4v) is 0.671. The zero-order valence-corrected chi connectivity index (χ0v) is 5.89. The van der Waals surface area contributed by atoms with Gasteiger partial charge in [-0.3, -0.25) is 0 Å². The van der Waals surface area contributed by atoms with Gasteiger partial charge in [0.1, 0.15) is 0 Å². The highest BCUT2D eigenvalue weighted by atomic mass is 13.9. The molecule has 8 heavy (non-hydrogen) atoms. The van der Waals surface area contributed by atoms with Crippen LogP contribution in [0.15, 0.2) is 24.3 Å². The van der Waals surface area contributed by atoms with E-state index in [1.807, 2.05) is 13.8 Å². The summed E-state index contributed by atoms with van der Waals surface area (Å²) in [5, 5.41) is 0. The summed E-state index contributed by atoms with van der Waals surface area (Å²) in [5.74, 6) is 0.602. The molecule has 0 heterocycles. The molecule has 0 bridgehead atoms. The Labute approximate surface area is 51.9 Å². The summed E-state index contributed by atoms with van der Waals surface area (Å²) in [6.45, 7) is 6.25. The van der Waals surface area contributed by atoms with Crippen LogP contribution in [-0.2, 0) is 0 Å². The van der Waals surface area contributed by atoms with Crippen molar-refractivity contribution in [1.29, 1.82) is 0 Å². The highest BCUT2D eigenvalue weighted by Gasteiger charge is 1.83. The smallest absolute Gasteiger partial charge is 0.00821 e. The van der Waals surface area contributed by atoms with Gasteiger partial charge in [-0.25, -0.2) is 0 Å². The number of hydrogen-bond donors (Lipinski definition) is 0. The molecular formula is C8H14. The van der Waals surface area contributed by atoms with Crippen molar-refractivity contribution in [3.8, 4) is 0 Å². The van der Waals surface area contributed by atoms with Crippen LogP contribution in [0.4, 0.5) is 0 Å². The minimum atomic E-state index is 0.602. The monoisotopic (exact) mass is 110 g/mol. The predicted molar refractivity (Wildman–Crippen MR) is 38.8 cm³/mol. The van der Waals surface area contributed by atoms with Gasteiger partial charge in [-0.15, -0.1) is 0 Å². The molecule has 0 nitrogen and oxygen atoms in total. The third-order valence-electron chi connectivity index (χ3n) is 0.992. The fraction of sp³-hybridized carbons (Fsp3) is 0.500. The zero-order valence-electron chi connectivity index (χ0n) is 5.89. The zero-order chi connectivity index (χ0) is 6.41. The molecule has 0 saturated carbocycles. The van der Waals surface area contributed by atoms with E-state index in [-0.39, 0.29) is 0 Å². The van der Waals surface area contributed by atoms with Crippen LogP contribution in [0.25, 0.3) is 0 Å². The first-order valence-corrected chi connectivity index (χ1v) is 3.07. The van der Waals surface area contributed by atoms with Crippen LogP contribution in [0.2, 0.25) is 0 Å². The van der Waals surface area contributed by atoms with Gasteiger partial charge in [-0.05, 0) is 19.8 Å².